The van der Waals surface area contributed by atoms with Crippen molar-refractivity contribution in [3.05, 3.63) is 59.4 Å². The van der Waals surface area contributed by atoms with Crippen LogP contribution in [0.3, 0.4) is 0 Å². The number of primary amides is 1. The van der Waals surface area contributed by atoms with Gasteiger partial charge in [0.15, 0.2) is 0 Å². The predicted octanol–water partition coefficient (Wildman–Crippen LogP) is 3.64. The second-order valence-electron chi connectivity index (χ2n) is 4.54. The standard InChI is InChI=1S/C15H11F4N3O2/c16-10-2-5-11(6-3-10)24-12-4-1-9(8-21-22-14(20)23)13(7-12)15(17,18)19/h1-8H,(H3,20,22,23). The van der Waals surface area contributed by atoms with Crippen LogP contribution in [0.5, 0.6) is 11.5 Å². The third-order valence-corrected chi connectivity index (χ3v) is 2.76. The summed E-state index contributed by atoms with van der Waals surface area (Å²) < 4.78 is 57.5. The largest absolute Gasteiger partial charge is 0.457 e. The van der Waals surface area contributed by atoms with Crippen molar-refractivity contribution in [1.82, 2.24) is 5.43 Å². The third kappa shape index (κ3) is 4.70. The van der Waals surface area contributed by atoms with Gasteiger partial charge in [-0.2, -0.15) is 18.3 Å². The van der Waals surface area contributed by atoms with Crippen LogP contribution in [0, 0.1) is 5.82 Å². The molecule has 0 aliphatic rings. The summed E-state index contributed by atoms with van der Waals surface area (Å²) >= 11 is 0. The average molecular weight is 341 g/mol. The van der Waals surface area contributed by atoms with Crippen molar-refractivity contribution in [1.29, 1.82) is 0 Å². The highest BCUT2D eigenvalue weighted by molar-refractivity contribution is 5.83. The number of nitrogens with one attached hydrogen (secondary N) is 1. The van der Waals surface area contributed by atoms with Gasteiger partial charge < -0.3 is 10.5 Å². The lowest BCUT2D eigenvalue weighted by atomic mass is 10.1. The number of hydrogen-bond donors (Lipinski definition) is 2. The maximum Gasteiger partial charge on any atom is 0.417 e. The number of alkyl halides is 3. The number of nitrogens with two attached hydrogens (primary N) is 1. The van der Waals surface area contributed by atoms with E-state index in [1.807, 2.05) is 0 Å². The second-order valence-corrected chi connectivity index (χ2v) is 4.54. The van der Waals surface area contributed by atoms with Crippen LogP contribution in [0.15, 0.2) is 47.6 Å². The molecule has 0 aliphatic heterocycles. The molecular weight excluding hydrogens is 330 g/mol. The van der Waals surface area contributed by atoms with Gasteiger partial charge in [-0.3, -0.25) is 0 Å². The van der Waals surface area contributed by atoms with Gasteiger partial charge in [-0.25, -0.2) is 14.6 Å². The SMILES string of the molecule is NC(=O)NN=Cc1ccc(Oc2ccc(F)cc2)cc1C(F)(F)F. The summed E-state index contributed by atoms with van der Waals surface area (Å²) in [7, 11) is 0. The number of carbonyl (C=O) groups excluding carboxylic acids is 1. The fourth-order valence-corrected chi connectivity index (χ4v) is 1.76. The normalized spacial score (nSPS) is 11.5. The lowest BCUT2D eigenvalue weighted by molar-refractivity contribution is -0.137. The van der Waals surface area contributed by atoms with E-state index in [1.165, 1.54) is 18.2 Å². The van der Waals surface area contributed by atoms with Gasteiger partial charge in [-0.1, -0.05) is 0 Å². The van der Waals surface area contributed by atoms with E-state index in [0.717, 1.165) is 30.5 Å². The first-order valence-corrected chi connectivity index (χ1v) is 6.49. The van der Waals surface area contributed by atoms with Crippen LogP contribution in [0.4, 0.5) is 22.4 Å². The number of amides is 2. The van der Waals surface area contributed by atoms with Crippen LogP contribution in [0.25, 0.3) is 0 Å². The molecule has 3 N–H and O–H groups in total. The minimum atomic E-state index is -4.67. The maximum absolute atomic E-state index is 13.1. The lowest BCUT2D eigenvalue weighted by Gasteiger charge is -2.13. The quantitative estimate of drug-likeness (QED) is 0.506. The molecule has 5 nitrogen and oxygen atoms in total. The monoisotopic (exact) mass is 341 g/mol. The van der Waals surface area contributed by atoms with Crippen molar-refractivity contribution in [2.75, 3.05) is 0 Å². The highest BCUT2D eigenvalue weighted by atomic mass is 19.4. The van der Waals surface area contributed by atoms with E-state index in [4.69, 9.17) is 10.5 Å². The molecule has 0 unspecified atom stereocenters. The topological polar surface area (TPSA) is 76.7 Å². The van der Waals surface area contributed by atoms with Gasteiger partial charge in [-0.05, 0) is 42.5 Å². The van der Waals surface area contributed by atoms with Gasteiger partial charge in [0.2, 0.25) is 0 Å². The predicted molar refractivity (Wildman–Crippen MR) is 78.2 cm³/mol. The van der Waals surface area contributed by atoms with Crippen molar-refractivity contribution in [3.63, 3.8) is 0 Å². The Hall–Kier alpha value is -3.10. The molecule has 24 heavy (non-hydrogen) atoms. The molecule has 0 radical (unpaired) electrons. The number of ether oxygens (including phenoxy) is 1. The Morgan fingerprint density at radius 2 is 1.75 bits per heavy atom. The van der Waals surface area contributed by atoms with Crippen molar-refractivity contribution in [3.8, 4) is 11.5 Å². The number of nitrogens with zero attached hydrogens (tertiary/aromatic N) is 1. The Kier molecular flexibility index (Phi) is 5.02. The molecule has 2 amide bonds. The Balaban J connectivity index is 2.30. The van der Waals surface area contributed by atoms with E-state index < -0.39 is 23.6 Å². The van der Waals surface area contributed by atoms with Gasteiger partial charge in [-0.15, -0.1) is 0 Å². The van der Waals surface area contributed by atoms with Crippen molar-refractivity contribution in [2.24, 2.45) is 10.8 Å². The van der Waals surface area contributed by atoms with E-state index in [1.54, 1.807) is 5.43 Å². The number of rotatable bonds is 4. The number of carbonyl (C=O) groups is 1. The third-order valence-electron chi connectivity index (χ3n) is 2.76. The zero-order chi connectivity index (χ0) is 17.7. The number of benzene rings is 2. The number of hydrogen-bond acceptors (Lipinski definition) is 3. The second kappa shape index (κ2) is 6.99. The van der Waals surface area contributed by atoms with E-state index >= 15 is 0 Å². The molecule has 0 saturated heterocycles. The minimum absolute atomic E-state index is 0.0889. The van der Waals surface area contributed by atoms with Gasteiger partial charge in [0.05, 0.1) is 11.8 Å². The summed E-state index contributed by atoms with van der Waals surface area (Å²) in [5.41, 5.74) is 5.27. The summed E-state index contributed by atoms with van der Waals surface area (Å²) in [6.07, 6.45) is -3.86. The molecule has 0 aliphatic carbocycles. The summed E-state index contributed by atoms with van der Waals surface area (Å²) in [5, 5.41) is 3.31. The molecule has 0 heterocycles. The summed E-state index contributed by atoms with van der Waals surface area (Å²) in [6.45, 7) is 0. The number of urea groups is 1. The van der Waals surface area contributed by atoms with Crippen LogP contribution in [0.1, 0.15) is 11.1 Å². The first-order chi connectivity index (χ1) is 11.3. The lowest BCUT2D eigenvalue weighted by Crippen LogP contribution is -2.24. The van der Waals surface area contributed by atoms with Gasteiger partial charge in [0.1, 0.15) is 17.3 Å². The number of halogens is 4. The highest BCUT2D eigenvalue weighted by Gasteiger charge is 2.33. The Labute approximate surface area is 133 Å². The van der Waals surface area contributed by atoms with Crippen LogP contribution < -0.4 is 15.9 Å². The molecule has 9 heteroatoms. The molecule has 0 spiro atoms. The van der Waals surface area contributed by atoms with Crippen LogP contribution in [-0.2, 0) is 6.18 Å². The molecule has 0 fully saturated rings. The van der Waals surface area contributed by atoms with Crippen molar-refractivity contribution in [2.45, 2.75) is 6.18 Å². The average Bonchev–Trinajstić information content (AvgIpc) is 2.49. The summed E-state index contributed by atoms with van der Waals surface area (Å²) in [5.74, 6) is -0.401. The zero-order valence-corrected chi connectivity index (χ0v) is 12.0. The summed E-state index contributed by atoms with van der Waals surface area (Å²) in [6, 6.07) is 6.99. The fraction of sp³-hybridized carbons (Fsp3) is 0.0667. The molecule has 0 aromatic heterocycles. The van der Waals surface area contributed by atoms with E-state index in [2.05, 4.69) is 5.10 Å². The molecular formula is C15H11F4N3O2. The molecule has 126 valence electrons. The van der Waals surface area contributed by atoms with Gasteiger partial charge in [0.25, 0.3) is 0 Å². The molecule has 0 bridgehead atoms. The maximum atomic E-state index is 13.1. The van der Waals surface area contributed by atoms with E-state index in [-0.39, 0.29) is 17.1 Å². The fourth-order valence-electron chi connectivity index (χ4n) is 1.76. The van der Waals surface area contributed by atoms with Crippen LogP contribution in [0.2, 0.25) is 0 Å². The van der Waals surface area contributed by atoms with Crippen LogP contribution >= 0.6 is 0 Å². The van der Waals surface area contributed by atoms with Gasteiger partial charge >= 0.3 is 12.2 Å². The smallest absolute Gasteiger partial charge is 0.417 e. The molecule has 0 saturated carbocycles. The molecule has 2 rings (SSSR count). The van der Waals surface area contributed by atoms with E-state index in [9.17, 15) is 22.4 Å². The zero-order valence-electron chi connectivity index (χ0n) is 12.0. The summed E-state index contributed by atoms with van der Waals surface area (Å²) in [4.78, 5) is 10.5. The molecule has 2 aromatic carbocycles. The first-order valence-electron chi connectivity index (χ1n) is 6.49. The van der Waals surface area contributed by atoms with Crippen LogP contribution in [-0.4, -0.2) is 12.2 Å². The Morgan fingerprint density at radius 3 is 2.33 bits per heavy atom. The van der Waals surface area contributed by atoms with Crippen molar-refractivity contribution < 1.29 is 27.1 Å². The Bertz CT molecular complexity index is 758. The molecule has 2 aromatic rings. The van der Waals surface area contributed by atoms with E-state index in [0.29, 0.717) is 0 Å². The minimum Gasteiger partial charge on any atom is -0.457 e. The van der Waals surface area contributed by atoms with Crippen molar-refractivity contribution >= 4 is 12.2 Å². The molecule has 0 atom stereocenters. The highest BCUT2D eigenvalue weighted by Crippen LogP contribution is 2.35. The number of hydrazone groups is 1. The van der Waals surface area contributed by atoms with Gasteiger partial charge in [0, 0.05) is 5.56 Å². The first kappa shape index (κ1) is 17.3. The Morgan fingerprint density at radius 1 is 1.12 bits per heavy atom.